The molecular formula is C11H8ClN3O4. The second-order valence-corrected chi connectivity index (χ2v) is 4.12. The van der Waals surface area contributed by atoms with Crippen LogP contribution in [0.4, 0.5) is 11.4 Å². The van der Waals surface area contributed by atoms with E-state index in [0.29, 0.717) is 5.69 Å². The number of aromatic nitrogens is 1. The van der Waals surface area contributed by atoms with E-state index in [2.05, 4.69) is 10.5 Å². The van der Waals surface area contributed by atoms with Crippen molar-refractivity contribution in [1.82, 2.24) is 5.16 Å². The summed E-state index contributed by atoms with van der Waals surface area (Å²) in [6.07, 6.45) is 0. The molecule has 1 aromatic carbocycles. The number of nitrogens with one attached hydrogen (secondary N) is 1. The first-order valence-electron chi connectivity index (χ1n) is 5.16. The molecule has 0 unspecified atom stereocenters. The Morgan fingerprint density at radius 1 is 1.47 bits per heavy atom. The van der Waals surface area contributed by atoms with Gasteiger partial charge in [-0.05, 0) is 19.1 Å². The Morgan fingerprint density at radius 3 is 2.79 bits per heavy atom. The average Bonchev–Trinajstić information content (AvgIpc) is 2.78. The summed E-state index contributed by atoms with van der Waals surface area (Å²) in [7, 11) is 0. The average molecular weight is 282 g/mol. The first kappa shape index (κ1) is 13.0. The largest absolute Gasteiger partial charge is 0.351 e. The van der Waals surface area contributed by atoms with Crippen LogP contribution in [0.1, 0.15) is 16.2 Å². The van der Waals surface area contributed by atoms with Crippen molar-refractivity contribution >= 4 is 28.9 Å². The van der Waals surface area contributed by atoms with Gasteiger partial charge >= 0.3 is 0 Å². The van der Waals surface area contributed by atoms with E-state index >= 15 is 0 Å². The molecule has 8 heteroatoms. The zero-order chi connectivity index (χ0) is 14.0. The summed E-state index contributed by atoms with van der Waals surface area (Å²) in [5.41, 5.74) is 0.524. The monoisotopic (exact) mass is 281 g/mol. The molecule has 0 fully saturated rings. The van der Waals surface area contributed by atoms with Crippen molar-refractivity contribution in [2.45, 2.75) is 6.92 Å². The van der Waals surface area contributed by atoms with E-state index in [1.807, 2.05) is 0 Å². The Morgan fingerprint density at radius 2 is 2.21 bits per heavy atom. The van der Waals surface area contributed by atoms with Crippen LogP contribution >= 0.6 is 11.6 Å². The Kier molecular flexibility index (Phi) is 3.48. The maximum absolute atomic E-state index is 11.7. The van der Waals surface area contributed by atoms with Crippen molar-refractivity contribution in [3.8, 4) is 0 Å². The number of amides is 1. The first-order valence-corrected chi connectivity index (χ1v) is 5.54. The smallest absolute Gasteiger partial charge is 0.294 e. The van der Waals surface area contributed by atoms with Crippen LogP contribution in [-0.4, -0.2) is 16.0 Å². The molecule has 1 amide bonds. The fraction of sp³-hybridized carbons (Fsp3) is 0.0909. The molecule has 1 heterocycles. The van der Waals surface area contributed by atoms with E-state index in [4.69, 9.17) is 16.1 Å². The number of benzene rings is 1. The van der Waals surface area contributed by atoms with Crippen LogP contribution in [0.3, 0.4) is 0 Å². The highest BCUT2D eigenvalue weighted by Gasteiger charge is 2.16. The Bertz CT molecular complexity index is 653. The molecule has 0 aliphatic rings. The number of hydrogen-bond acceptors (Lipinski definition) is 5. The van der Waals surface area contributed by atoms with Crippen molar-refractivity contribution < 1.29 is 14.2 Å². The van der Waals surface area contributed by atoms with Crippen molar-refractivity contribution in [1.29, 1.82) is 0 Å². The molecule has 0 saturated heterocycles. The lowest BCUT2D eigenvalue weighted by Crippen LogP contribution is -2.11. The summed E-state index contributed by atoms with van der Waals surface area (Å²) in [6, 6.07) is 5.42. The zero-order valence-electron chi connectivity index (χ0n) is 9.71. The van der Waals surface area contributed by atoms with Crippen LogP contribution in [-0.2, 0) is 0 Å². The number of aryl methyl sites for hydroxylation is 1. The van der Waals surface area contributed by atoms with Crippen molar-refractivity contribution in [2.75, 3.05) is 5.32 Å². The predicted molar refractivity (Wildman–Crippen MR) is 67.3 cm³/mol. The van der Waals surface area contributed by atoms with E-state index in [1.54, 1.807) is 6.92 Å². The summed E-state index contributed by atoms with van der Waals surface area (Å²) >= 11 is 5.67. The Balaban J connectivity index is 2.22. The number of nitro groups is 1. The molecule has 1 aromatic heterocycles. The van der Waals surface area contributed by atoms with Gasteiger partial charge in [-0.2, -0.15) is 0 Å². The molecule has 0 aliphatic carbocycles. The summed E-state index contributed by atoms with van der Waals surface area (Å²) in [4.78, 5) is 21.8. The van der Waals surface area contributed by atoms with E-state index < -0.39 is 10.8 Å². The summed E-state index contributed by atoms with van der Waals surface area (Å²) in [5.74, 6) is -0.521. The molecule has 19 heavy (non-hydrogen) atoms. The van der Waals surface area contributed by atoms with Gasteiger partial charge in [0, 0.05) is 17.8 Å². The van der Waals surface area contributed by atoms with Crippen molar-refractivity contribution in [2.24, 2.45) is 0 Å². The van der Waals surface area contributed by atoms with Gasteiger partial charge in [-0.25, -0.2) is 0 Å². The summed E-state index contributed by atoms with van der Waals surface area (Å²) in [6.45, 7) is 1.67. The van der Waals surface area contributed by atoms with Gasteiger partial charge in [-0.1, -0.05) is 16.8 Å². The Labute approximate surface area is 112 Å². The third-order valence-electron chi connectivity index (χ3n) is 2.25. The second-order valence-electron chi connectivity index (χ2n) is 3.71. The number of nitro benzene ring substituents is 1. The Hall–Kier alpha value is -2.41. The molecule has 0 aliphatic heterocycles. The molecule has 0 radical (unpaired) electrons. The molecule has 0 atom stereocenters. The van der Waals surface area contributed by atoms with Gasteiger partial charge in [0.1, 0.15) is 5.02 Å². The number of carbonyl (C=O) groups excluding carboxylic acids is 1. The number of hydrogen-bond donors (Lipinski definition) is 1. The van der Waals surface area contributed by atoms with Gasteiger partial charge in [0.15, 0.2) is 0 Å². The fourth-order valence-electron chi connectivity index (χ4n) is 1.39. The zero-order valence-corrected chi connectivity index (χ0v) is 10.5. The topological polar surface area (TPSA) is 98.3 Å². The molecule has 0 bridgehead atoms. The van der Waals surface area contributed by atoms with E-state index in [0.717, 1.165) is 0 Å². The maximum Gasteiger partial charge on any atom is 0.294 e. The lowest BCUT2D eigenvalue weighted by molar-refractivity contribution is -0.384. The van der Waals surface area contributed by atoms with Gasteiger partial charge < -0.3 is 9.84 Å². The summed E-state index contributed by atoms with van der Waals surface area (Å²) < 4.78 is 4.78. The van der Waals surface area contributed by atoms with E-state index in [9.17, 15) is 14.9 Å². The SMILES string of the molecule is Cc1cc(C(=O)Nc2ccc(Cl)c([N+](=O)[O-])c2)on1. The van der Waals surface area contributed by atoms with Crippen LogP contribution in [0, 0.1) is 17.0 Å². The molecule has 98 valence electrons. The highest BCUT2D eigenvalue weighted by molar-refractivity contribution is 6.32. The number of rotatable bonds is 3. The van der Waals surface area contributed by atoms with E-state index in [1.165, 1.54) is 24.3 Å². The van der Waals surface area contributed by atoms with Gasteiger partial charge in [0.05, 0.1) is 10.6 Å². The quantitative estimate of drug-likeness (QED) is 0.689. The molecule has 7 nitrogen and oxygen atoms in total. The van der Waals surface area contributed by atoms with Crippen molar-refractivity contribution in [3.05, 3.63) is 50.9 Å². The summed E-state index contributed by atoms with van der Waals surface area (Å²) in [5, 5.41) is 16.7. The molecular weight excluding hydrogens is 274 g/mol. The minimum absolute atomic E-state index is 0.00138. The first-order chi connectivity index (χ1) is 8.97. The third-order valence-corrected chi connectivity index (χ3v) is 2.57. The van der Waals surface area contributed by atoms with Crippen LogP contribution in [0.2, 0.25) is 5.02 Å². The van der Waals surface area contributed by atoms with E-state index in [-0.39, 0.29) is 22.2 Å². The standard InChI is InChI=1S/C11H8ClN3O4/c1-6-4-10(19-14-6)11(16)13-7-2-3-8(12)9(5-7)15(17)18/h2-5H,1H3,(H,13,16). The lowest BCUT2D eigenvalue weighted by atomic mass is 10.2. The highest BCUT2D eigenvalue weighted by Crippen LogP contribution is 2.27. The molecule has 2 aromatic rings. The minimum atomic E-state index is -0.628. The number of carbonyl (C=O) groups is 1. The van der Waals surface area contributed by atoms with Crippen LogP contribution in [0.5, 0.6) is 0 Å². The fourth-order valence-corrected chi connectivity index (χ4v) is 1.58. The van der Waals surface area contributed by atoms with Crippen LogP contribution < -0.4 is 5.32 Å². The number of nitrogens with zero attached hydrogens (tertiary/aromatic N) is 2. The van der Waals surface area contributed by atoms with Gasteiger partial charge in [0.25, 0.3) is 11.6 Å². The maximum atomic E-state index is 11.7. The lowest BCUT2D eigenvalue weighted by Gasteiger charge is -2.03. The van der Waals surface area contributed by atoms with Crippen LogP contribution in [0.25, 0.3) is 0 Å². The normalized spacial score (nSPS) is 10.2. The second kappa shape index (κ2) is 5.07. The van der Waals surface area contributed by atoms with Crippen LogP contribution in [0.15, 0.2) is 28.8 Å². The van der Waals surface area contributed by atoms with Gasteiger partial charge in [-0.15, -0.1) is 0 Å². The molecule has 1 N–H and O–H groups in total. The predicted octanol–water partition coefficient (Wildman–Crippen LogP) is 2.80. The minimum Gasteiger partial charge on any atom is -0.351 e. The van der Waals surface area contributed by atoms with Gasteiger partial charge in [0.2, 0.25) is 5.76 Å². The van der Waals surface area contributed by atoms with Crippen molar-refractivity contribution in [3.63, 3.8) is 0 Å². The highest BCUT2D eigenvalue weighted by atomic mass is 35.5. The molecule has 2 rings (SSSR count). The number of anilines is 1. The van der Waals surface area contributed by atoms with Gasteiger partial charge in [-0.3, -0.25) is 14.9 Å². The third kappa shape index (κ3) is 2.89. The molecule has 0 spiro atoms. The molecule has 0 saturated carbocycles. The number of halogens is 1.